The van der Waals surface area contributed by atoms with Gasteiger partial charge in [0.1, 0.15) is 0 Å². The van der Waals surface area contributed by atoms with E-state index in [1.54, 1.807) is 7.05 Å². The van der Waals surface area contributed by atoms with Crippen LogP contribution >= 0.6 is 0 Å². The van der Waals surface area contributed by atoms with Crippen molar-refractivity contribution in [3.05, 3.63) is 0 Å². The van der Waals surface area contributed by atoms with Crippen LogP contribution in [0.3, 0.4) is 0 Å². The highest BCUT2D eigenvalue weighted by atomic mass is 16.2. The molecule has 2 saturated heterocycles. The Bertz CT molecular complexity index is 389. The molecule has 6 nitrogen and oxygen atoms in total. The largest absolute Gasteiger partial charge is 0.358 e. The lowest BCUT2D eigenvalue weighted by Gasteiger charge is -2.21. The van der Waals surface area contributed by atoms with Crippen molar-refractivity contribution >= 4 is 11.8 Å². The van der Waals surface area contributed by atoms with E-state index in [-0.39, 0.29) is 23.9 Å². The lowest BCUT2D eigenvalue weighted by molar-refractivity contribution is -0.126. The van der Waals surface area contributed by atoms with Crippen LogP contribution in [0.5, 0.6) is 0 Å². The molecular formula is C17H34N4O2. The molecule has 0 aliphatic carbocycles. The molecule has 2 aliphatic rings. The van der Waals surface area contributed by atoms with Gasteiger partial charge in [0, 0.05) is 13.1 Å². The van der Waals surface area contributed by atoms with Gasteiger partial charge in [0.15, 0.2) is 0 Å². The maximum absolute atomic E-state index is 11.7. The van der Waals surface area contributed by atoms with Gasteiger partial charge >= 0.3 is 0 Å². The molecule has 2 heterocycles. The summed E-state index contributed by atoms with van der Waals surface area (Å²) in [7, 11) is 5.70. The number of hydrogen-bond donors (Lipinski definition) is 2. The average Bonchev–Trinajstić information content (AvgIpc) is 3.15. The van der Waals surface area contributed by atoms with Crippen molar-refractivity contribution in [3.8, 4) is 0 Å². The number of hydrogen-bond acceptors (Lipinski definition) is 4. The summed E-state index contributed by atoms with van der Waals surface area (Å²) < 4.78 is 0. The van der Waals surface area contributed by atoms with E-state index in [4.69, 9.17) is 0 Å². The van der Waals surface area contributed by atoms with E-state index in [9.17, 15) is 9.59 Å². The molecule has 23 heavy (non-hydrogen) atoms. The van der Waals surface area contributed by atoms with Crippen LogP contribution in [0.2, 0.25) is 0 Å². The van der Waals surface area contributed by atoms with Crippen molar-refractivity contribution in [3.63, 3.8) is 0 Å². The van der Waals surface area contributed by atoms with Crippen LogP contribution in [-0.4, -0.2) is 74.0 Å². The van der Waals surface area contributed by atoms with Gasteiger partial charge in [-0.25, -0.2) is 0 Å². The zero-order chi connectivity index (χ0) is 17.4. The van der Waals surface area contributed by atoms with Gasteiger partial charge in [0.05, 0.1) is 12.1 Å². The number of carbonyl (C=O) groups is 2. The van der Waals surface area contributed by atoms with Gasteiger partial charge in [0.25, 0.3) is 0 Å². The summed E-state index contributed by atoms with van der Waals surface area (Å²) in [6.07, 6.45) is 5.32. The van der Waals surface area contributed by atoms with Gasteiger partial charge in [-0.1, -0.05) is 6.92 Å². The Morgan fingerprint density at radius 1 is 1.04 bits per heavy atom. The minimum atomic E-state index is 0.119. The number of rotatable bonds is 4. The number of nitrogens with zero attached hydrogens (tertiary/aromatic N) is 2. The maximum atomic E-state index is 11.7. The summed E-state index contributed by atoms with van der Waals surface area (Å²) in [4.78, 5) is 27.0. The highest BCUT2D eigenvalue weighted by molar-refractivity contribution is 5.82. The van der Waals surface area contributed by atoms with Gasteiger partial charge in [0.2, 0.25) is 11.8 Å². The molecular weight excluding hydrogens is 292 g/mol. The first-order chi connectivity index (χ1) is 10.9. The van der Waals surface area contributed by atoms with Crippen molar-refractivity contribution in [1.29, 1.82) is 0 Å². The lowest BCUT2D eigenvalue weighted by atomic mass is 10.2. The fourth-order valence-corrected chi connectivity index (χ4v) is 3.09. The molecule has 0 unspecified atom stereocenters. The molecule has 0 radical (unpaired) electrons. The highest BCUT2D eigenvalue weighted by Gasteiger charge is 2.28. The lowest BCUT2D eigenvalue weighted by Crippen LogP contribution is -2.44. The molecule has 2 amide bonds. The van der Waals surface area contributed by atoms with E-state index in [2.05, 4.69) is 27.4 Å². The fraction of sp³-hybridized carbons (Fsp3) is 0.882. The number of nitrogens with one attached hydrogen (secondary N) is 2. The van der Waals surface area contributed by atoms with Gasteiger partial charge in [-0.2, -0.15) is 0 Å². The fourth-order valence-electron chi connectivity index (χ4n) is 3.09. The third-order valence-electron chi connectivity index (χ3n) is 4.89. The molecule has 6 heteroatoms. The van der Waals surface area contributed by atoms with Crippen molar-refractivity contribution in [2.24, 2.45) is 0 Å². The van der Waals surface area contributed by atoms with E-state index in [1.807, 2.05) is 21.0 Å². The Morgan fingerprint density at radius 2 is 1.52 bits per heavy atom. The average molecular weight is 326 g/mol. The molecule has 2 N–H and O–H groups in total. The normalized spacial score (nSPS) is 26.3. The van der Waals surface area contributed by atoms with Gasteiger partial charge in [-0.05, 0) is 66.2 Å². The zero-order valence-corrected chi connectivity index (χ0v) is 15.4. The van der Waals surface area contributed by atoms with Crippen LogP contribution in [0.25, 0.3) is 0 Å². The second kappa shape index (κ2) is 9.88. The predicted octanol–water partition coefficient (Wildman–Crippen LogP) is 0.822. The van der Waals surface area contributed by atoms with Gasteiger partial charge in [-0.15, -0.1) is 0 Å². The van der Waals surface area contributed by atoms with Crippen LogP contribution in [0.4, 0.5) is 0 Å². The molecule has 2 rings (SSSR count). The summed E-state index contributed by atoms with van der Waals surface area (Å²) in [5.41, 5.74) is 0. The molecule has 0 aromatic heterocycles. The van der Waals surface area contributed by atoms with Crippen molar-refractivity contribution in [1.82, 2.24) is 20.4 Å². The first-order valence-electron chi connectivity index (χ1n) is 8.83. The van der Waals surface area contributed by atoms with Crippen molar-refractivity contribution in [2.75, 3.05) is 34.2 Å². The Balaban J connectivity index is 0.000000238. The molecule has 0 saturated carbocycles. The third kappa shape index (κ3) is 6.11. The van der Waals surface area contributed by atoms with Crippen LogP contribution in [0.15, 0.2) is 0 Å². The molecule has 0 bridgehead atoms. The number of amides is 2. The molecule has 134 valence electrons. The molecule has 0 aromatic rings. The zero-order valence-electron chi connectivity index (χ0n) is 15.4. The maximum Gasteiger partial charge on any atom is 0.237 e. The minimum Gasteiger partial charge on any atom is -0.358 e. The van der Waals surface area contributed by atoms with Gasteiger partial charge < -0.3 is 10.6 Å². The number of carbonyl (C=O) groups excluding carboxylic acids is 2. The standard InChI is InChI=1S/C10H20N2O.C7H14N2O/c1-4-8(2)11-10(13)9-6-5-7-12(9)3;1-8-7(10)6-4-3-5-9(6)2/h8-9H,4-7H2,1-3H3,(H,11,13);6H,3-5H2,1-2H3,(H,8,10)/t8-,9+;6-/m10/s1. The molecule has 0 spiro atoms. The van der Waals surface area contributed by atoms with Crippen LogP contribution in [0, 0.1) is 0 Å². The van der Waals surface area contributed by atoms with E-state index in [0.29, 0.717) is 6.04 Å². The first kappa shape index (κ1) is 19.9. The molecule has 0 aromatic carbocycles. The van der Waals surface area contributed by atoms with Gasteiger partial charge in [-0.3, -0.25) is 19.4 Å². The smallest absolute Gasteiger partial charge is 0.237 e. The monoisotopic (exact) mass is 326 g/mol. The Morgan fingerprint density at radius 3 is 1.87 bits per heavy atom. The van der Waals surface area contributed by atoms with Crippen molar-refractivity contribution in [2.45, 2.75) is 64.1 Å². The Labute approximate surface area is 141 Å². The number of likely N-dealkylation sites (N-methyl/N-ethyl adjacent to an activating group) is 3. The topological polar surface area (TPSA) is 64.7 Å². The molecule has 2 fully saturated rings. The summed E-state index contributed by atoms with van der Waals surface area (Å²) in [5.74, 6) is 0.356. The van der Waals surface area contributed by atoms with Crippen LogP contribution < -0.4 is 10.6 Å². The first-order valence-corrected chi connectivity index (χ1v) is 8.83. The second-order valence-corrected chi connectivity index (χ2v) is 6.71. The molecule has 3 atom stereocenters. The van der Waals surface area contributed by atoms with Crippen LogP contribution in [0.1, 0.15) is 46.0 Å². The Hall–Kier alpha value is -1.14. The van der Waals surface area contributed by atoms with Crippen molar-refractivity contribution < 1.29 is 9.59 Å². The number of likely N-dealkylation sites (tertiary alicyclic amines) is 2. The highest BCUT2D eigenvalue weighted by Crippen LogP contribution is 2.15. The SMILES string of the molecule is CC[C@@H](C)NC(=O)[C@@H]1CCCN1C.CNC(=O)[C@@H]1CCCN1C. The van der Waals surface area contributed by atoms with E-state index in [0.717, 1.165) is 45.2 Å². The van der Waals surface area contributed by atoms with E-state index < -0.39 is 0 Å². The summed E-state index contributed by atoms with van der Waals surface area (Å²) >= 11 is 0. The predicted molar refractivity (Wildman–Crippen MR) is 93.3 cm³/mol. The molecule has 2 aliphatic heterocycles. The third-order valence-corrected chi connectivity index (χ3v) is 4.89. The minimum absolute atomic E-state index is 0.119. The second-order valence-electron chi connectivity index (χ2n) is 6.71. The van der Waals surface area contributed by atoms with E-state index >= 15 is 0 Å². The Kier molecular flexibility index (Phi) is 8.55. The summed E-state index contributed by atoms with van der Waals surface area (Å²) in [5, 5.41) is 5.68. The quantitative estimate of drug-likeness (QED) is 0.803. The van der Waals surface area contributed by atoms with Crippen LogP contribution in [-0.2, 0) is 9.59 Å². The van der Waals surface area contributed by atoms with E-state index in [1.165, 1.54) is 0 Å². The summed E-state index contributed by atoms with van der Waals surface area (Å²) in [6.45, 7) is 6.24. The summed E-state index contributed by atoms with van der Waals surface area (Å²) in [6, 6.07) is 0.556.